The van der Waals surface area contributed by atoms with E-state index in [1.54, 1.807) is 0 Å². The molecule has 2 nitrogen and oxygen atoms in total. The van der Waals surface area contributed by atoms with Crippen LogP contribution >= 0.6 is 0 Å². The summed E-state index contributed by atoms with van der Waals surface area (Å²) in [5.41, 5.74) is 3.06. The van der Waals surface area contributed by atoms with E-state index >= 15 is 0 Å². The highest BCUT2D eigenvalue weighted by Gasteiger charge is 2.24. The maximum Gasteiger partial charge on any atom is 0.0480 e. The predicted molar refractivity (Wildman–Crippen MR) is 69.1 cm³/mol. The van der Waals surface area contributed by atoms with Gasteiger partial charge in [-0.3, -0.25) is 0 Å². The Morgan fingerprint density at radius 3 is 3.00 bits per heavy atom. The van der Waals surface area contributed by atoms with Crippen molar-refractivity contribution in [3.63, 3.8) is 0 Å². The smallest absolute Gasteiger partial charge is 0.0480 e. The van der Waals surface area contributed by atoms with Crippen LogP contribution in [0.3, 0.4) is 0 Å². The molecule has 1 heterocycles. The zero-order valence-electron chi connectivity index (χ0n) is 10.3. The highest BCUT2D eigenvalue weighted by Crippen LogP contribution is 2.31. The zero-order valence-corrected chi connectivity index (χ0v) is 10.3. The monoisotopic (exact) mass is 231 g/mol. The Bertz CT molecular complexity index is 369. The van der Waals surface area contributed by atoms with Gasteiger partial charge in [0.15, 0.2) is 0 Å². The normalized spacial score (nSPS) is 28.7. The van der Waals surface area contributed by atoms with Crippen LogP contribution in [0.4, 0.5) is 0 Å². The molecule has 1 aliphatic carbocycles. The molecule has 0 saturated carbocycles. The number of fused-ring (bicyclic) bond motifs is 1. The molecule has 1 N–H and O–H groups in total. The topological polar surface area (TPSA) is 21.3 Å². The van der Waals surface area contributed by atoms with Gasteiger partial charge in [-0.25, -0.2) is 0 Å². The molecule has 1 aromatic carbocycles. The van der Waals surface area contributed by atoms with Crippen molar-refractivity contribution < 1.29 is 4.74 Å². The molecule has 1 fully saturated rings. The molecule has 0 amide bonds. The molecule has 92 valence electrons. The van der Waals surface area contributed by atoms with Crippen molar-refractivity contribution in [2.75, 3.05) is 13.2 Å². The van der Waals surface area contributed by atoms with E-state index in [0.29, 0.717) is 12.1 Å². The lowest BCUT2D eigenvalue weighted by Gasteiger charge is -2.22. The first-order valence-electron chi connectivity index (χ1n) is 6.85. The summed E-state index contributed by atoms with van der Waals surface area (Å²) in [6.45, 7) is 1.87. The Kier molecular flexibility index (Phi) is 3.44. The summed E-state index contributed by atoms with van der Waals surface area (Å²) in [7, 11) is 0. The van der Waals surface area contributed by atoms with E-state index in [1.807, 2.05) is 0 Å². The van der Waals surface area contributed by atoms with Crippen LogP contribution in [0.25, 0.3) is 0 Å². The number of aryl methyl sites for hydroxylation is 1. The van der Waals surface area contributed by atoms with Crippen LogP contribution in [0.15, 0.2) is 24.3 Å². The molecule has 1 aromatic rings. The van der Waals surface area contributed by atoms with Crippen LogP contribution in [-0.4, -0.2) is 19.3 Å². The Morgan fingerprint density at radius 1 is 1.06 bits per heavy atom. The van der Waals surface area contributed by atoms with Crippen molar-refractivity contribution in [1.29, 1.82) is 0 Å². The second kappa shape index (κ2) is 5.19. The fraction of sp³-hybridized carbons (Fsp3) is 0.600. The number of rotatable bonds is 2. The van der Waals surface area contributed by atoms with E-state index in [-0.39, 0.29) is 0 Å². The predicted octanol–water partition coefficient (Wildman–Crippen LogP) is 2.83. The first-order valence-corrected chi connectivity index (χ1v) is 6.85. The molecule has 0 spiro atoms. The summed E-state index contributed by atoms with van der Waals surface area (Å²) >= 11 is 0. The average Bonchev–Trinajstić information content (AvgIpc) is 2.59. The average molecular weight is 231 g/mol. The standard InChI is InChI=1S/C15H21NO/c1-2-6-14-12(4-1)7-8-15(14)16-13-5-3-10-17-11-9-13/h1-2,4,6,13,15-16H,3,5,7-11H2/t13-,15+/m0/s1. The van der Waals surface area contributed by atoms with Gasteiger partial charge in [0.05, 0.1) is 0 Å². The largest absolute Gasteiger partial charge is 0.381 e. The van der Waals surface area contributed by atoms with Gasteiger partial charge in [0.1, 0.15) is 0 Å². The Hall–Kier alpha value is -0.860. The molecule has 0 unspecified atom stereocenters. The quantitative estimate of drug-likeness (QED) is 0.845. The second-order valence-corrected chi connectivity index (χ2v) is 5.20. The van der Waals surface area contributed by atoms with Crippen LogP contribution in [0, 0.1) is 0 Å². The summed E-state index contributed by atoms with van der Waals surface area (Å²) in [5.74, 6) is 0. The van der Waals surface area contributed by atoms with E-state index in [4.69, 9.17) is 4.74 Å². The van der Waals surface area contributed by atoms with Crippen molar-refractivity contribution in [2.45, 2.75) is 44.2 Å². The number of nitrogens with one attached hydrogen (secondary N) is 1. The molecule has 2 atom stereocenters. The number of benzene rings is 1. The van der Waals surface area contributed by atoms with Gasteiger partial charge in [-0.05, 0) is 43.2 Å². The number of hydrogen-bond donors (Lipinski definition) is 1. The summed E-state index contributed by atoms with van der Waals surface area (Å²) in [4.78, 5) is 0. The van der Waals surface area contributed by atoms with Crippen molar-refractivity contribution in [3.8, 4) is 0 Å². The number of hydrogen-bond acceptors (Lipinski definition) is 2. The Balaban J connectivity index is 1.66. The molecule has 0 bridgehead atoms. The van der Waals surface area contributed by atoms with Gasteiger partial charge in [0.2, 0.25) is 0 Å². The summed E-state index contributed by atoms with van der Waals surface area (Å²) in [5, 5.41) is 3.83. The minimum atomic E-state index is 0.578. The SMILES string of the molecule is c1ccc2c(c1)CC[C@H]2N[C@H]1CCCOCC1. The molecule has 3 rings (SSSR count). The Morgan fingerprint density at radius 2 is 2.00 bits per heavy atom. The van der Waals surface area contributed by atoms with E-state index < -0.39 is 0 Å². The third-order valence-corrected chi connectivity index (χ3v) is 4.02. The van der Waals surface area contributed by atoms with Crippen LogP contribution in [0.5, 0.6) is 0 Å². The van der Waals surface area contributed by atoms with Crippen LogP contribution < -0.4 is 5.32 Å². The number of ether oxygens (including phenoxy) is 1. The van der Waals surface area contributed by atoms with Gasteiger partial charge in [-0.1, -0.05) is 24.3 Å². The third kappa shape index (κ3) is 2.53. The van der Waals surface area contributed by atoms with E-state index in [2.05, 4.69) is 29.6 Å². The highest BCUT2D eigenvalue weighted by molar-refractivity contribution is 5.34. The third-order valence-electron chi connectivity index (χ3n) is 4.02. The van der Waals surface area contributed by atoms with E-state index in [9.17, 15) is 0 Å². The van der Waals surface area contributed by atoms with E-state index in [0.717, 1.165) is 13.2 Å². The van der Waals surface area contributed by atoms with E-state index in [1.165, 1.54) is 43.2 Å². The lowest BCUT2D eigenvalue weighted by Crippen LogP contribution is -2.32. The molecule has 2 heteroatoms. The van der Waals surface area contributed by atoms with Crippen LogP contribution in [0.2, 0.25) is 0 Å². The summed E-state index contributed by atoms with van der Waals surface area (Å²) in [6.07, 6.45) is 6.12. The second-order valence-electron chi connectivity index (χ2n) is 5.20. The van der Waals surface area contributed by atoms with Crippen LogP contribution in [0.1, 0.15) is 42.9 Å². The van der Waals surface area contributed by atoms with Gasteiger partial charge in [0.25, 0.3) is 0 Å². The minimum Gasteiger partial charge on any atom is -0.381 e. The highest BCUT2D eigenvalue weighted by atomic mass is 16.5. The van der Waals surface area contributed by atoms with Crippen molar-refractivity contribution >= 4 is 0 Å². The molecule has 1 aliphatic heterocycles. The molecule has 17 heavy (non-hydrogen) atoms. The fourth-order valence-corrected chi connectivity index (χ4v) is 3.09. The van der Waals surface area contributed by atoms with Gasteiger partial charge in [-0.2, -0.15) is 0 Å². The molecular formula is C15H21NO. The molecule has 0 radical (unpaired) electrons. The Labute approximate surface area is 103 Å². The first kappa shape index (κ1) is 11.2. The molecule has 1 saturated heterocycles. The van der Waals surface area contributed by atoms with Gasteiger partial charge < -0.3 is 10.1 Å². The molecule has 2 aliphatic rings. The van der Waals surface area contributed by atoms with Gasteiger partial charge in [-0.15, -0.1) is 0 Å². The first-order chi connectivity index (χ1) is 8.43. The molecule has 0 aromatic heterocycles. The van der Waals surface area contributed by atoms with Crippen LogP contribution in [-0.2, 0) is 11.2 Å². The van der Waals surface area contributed by atoms with Gasteiger partial charge >= 0.3 is 0 Å². The maximum atomic E-state index is 5.52. The lowest BCUT2D eigenvalue weighted by atomic mass is 10.0. The fourth-order valence-electron chi connectivity index (χ4n) is 3.09. The van der Waals surface area contributed by atoms with Gasteiger partial charge in [0, 0.05) is 25.3 Å². The van der Waals surface area contributed by atoms with Crippen molar-refractivity contribution in [3.05, 3.63) is 35.4 Å². The van der Waals surface area contributed by atoms with Crippen molar-refractivity contribution in [2.24, 2.45) is 0 Å². The summed E-state index contributed by atoms with van der Waals surface area (Å²) in [6, 6.07) is 10.1. The maximum absolute atomic E-state index is 5.52. The minimum absolute atomic E-state index is 0.578. The molecular weight excluding hydrogens is 210 g/mol. The van der Waals surface area contributed by atoms with Crippen molar-refractivity contribution in [1.82, 2.24) is 5.32 Å². The summed E-state index contributed by atoms with van der Waals surface area (Å²) < 4.78 is 5.52. The zero-order chi connectivity index (χ0) is 11.5. The lowest BCUT2D eigenvalue weighted by molar-refractivity contribution is 0.142.